The van der Waals surface area contributed by atoms with Gasteiger partial charge in [0.2, 0.25) is 0 Å². The number of hydrogen-bond donors (Lipinski definition) is 2. The average molecular weight is 293 g/mol. The van der Waals surface area contributed by atoms with Gasteiger partial charge in [-0.15, -0.1) is 0 Å². The van der Waals surface area contributed by atoms with Crippen LogP contribution in [0.5, 0.6) is 11.5 Å². The highest BCUT2D eigenvalue weighted by molar-refractivity contribution is 6.30. The van der Waals surface area contributed by atoms with Crippen LogP contribution in [0.3, 0.4) is 0 Å². The Morgan fingerprint density at radius 1 is 1.00 bits per heavy atom. The lowest BCUT2D eigenvalue weighted by Crippen LogP contribution is -2.28. The third-order valence-electron chi connectivity index (χ3n) is 3.06. The summed E-state index contributed by atoms with van der Waals surface area (Å²) in [5, 5.41) is 0.664. The fourth-order valence-electron chi connectivity index (χ4n) is 2.07. The Labute approximate surface area is 123 Å². The van der Waals surface area contributed by atoms with Crippen LogP contribution in [0.1, 0.15) is 17.2 Å². The van der Waals surface area contributed by atoms with Gasteiger partial charge in [0.15, 0.2) is 0 Å². The first kappa shape index (κ1) is 14.7. The zero-order valence-electron chi connectivity index (χ0n) is 11.4. The lowest BCUT2D eigenvalue weighted by atomic mass is 9.99. The predicted octanol–water partition coefficient (Wildman–Crippen LogP) is 2.91. The van der Waals surface area contributed by atoms with Crippen LogP contribution in [0.25, 0.3) is 0 Å². The zero-order valence-corrected chi connectivity index (χ0v) is 12.1. The van der Waals surface area contributed by atoms with Crippen LogP contribution in [0.2, 0.25) is 5.02 Å². The van der Waals surface area contributed by atoms with E-state index in [0.717, 1.165) is 11.1 Å². The minimum absolute atomic E-state index is 0.197. The van der Waals surface area contributed by atoms with Gasteiger partial charge in [0, 0.05) is 11.1 Å². The molecule has 0 amide bonds. The van der Waals surface area contributed by atoms with Crippen molar-refractivity contribution in [2.75, 3.05) is 14.2 Å². The van der Waals surface area contributed by atoms with Crippen LogP contribution in [-0.4, -0.2) is 14.2 Å². The van der Waals surface area contributed by atoms with E-state index in [9.17, 15) is 0 Å². The molecule has 0 fully saturated rings. The molecule has 2 rings (SSSR count). The molecule has 4 nitrogen and oxygen atoms in total. The molecule has 20 heavy (non-hydrogen) atoms. The first-order chi connectivity index (χ1) is 9.67. The molecule has 5 heteroatoms. The molecule has 3 N–H and O–H groups in total. The van der Waals surface area contributed by atoms with Crippen molar-refractivity contribution >= 4 is 11.6 Å². The van der Waals surface area contributed by atoms with E-state index in [-0.39, 0.29) is 6.04 Å². The second kappa shape index (κ2) is 6.61. The van der Waals surface area contributed by atoms with Crippen molar-refractivity contribution in [3.8, 4) is 11.5 Å². The molecule has 0 saturated heterocycles. The first-order valence-electron chi connectivity index (χ1n) is 6.12. The summed E-state index contributed by atoms with van der Waals surface area (Å²) in [6.07, 6.45) is 0. The number of rotatable bonds is 5. The third kappa shape index (κ3) is 3.22. The van der Waals surface area contributed by atoms with Gasteiger partial charge in [-0.05, 0) is 35.4 Å². The minimum Gasteiger partial charge on any atom is -0.497 e. The van der Waals surface area contributed by atoms with Crippen molar-refractivity contribution in [1.29, 1.82) is 0 Å². The normalized spacial score (nSPS) is 12.0. The summed E-state index contributed by atoms with van der Waals surface area (Å²) in [7, 11) is 3.23. The Balaban J connectivity index is 2.45. The van der Waals surface area contributed by atoms with Crippen molar-refractivity contribution in [3.63, 3.8) is 0 Å². The number of hydrazine groups is 1. The van der Waals surface area contributed by atoms with Gasteiger partial charge < -0.3 is 9.47 Å². The fraction of sp³-hybridized carbons (Fsp3) is 0.200. The van der Waals surface area contributed by atoms with Gasteiger partial charge in [-0.2, -0.15) is 0 Å². The molecule has 0 spiro atoms. The standard InChI is InChI=1S/C15H17ClN2O2/c1-19-13-7-11(8-14(9-13)20-2)15(18-17)10-4-3-5-12(16)6-10/h3-9,15,18H,17H2,1-2H3. The summed E-state index contributed by atoms with van der Waals surface area (Å²) < 4.78 is 10.6. The molecule has 0 aliphatic rings. The van der Waals surface area contributed by atoms with Crippen LogP contribution in [0.4, 0.5) is 0 Å². The van der Waals surface area contributed by atoms with Gasteiger partial charge >= 0.3 is 0 Å². The Bertz CT molecular complexity index is 568. The number of nitrogens with two attached hydrogens (primary N) is 1. The molecule has 0 bridgehead atoms. The Morgan fingerprint density at radius 2 is 1.65 bits per heavy atom. The van der Waals surface area contributed by atoms with E-state index in [1.165, 1.54) is 0 Å². The highest BCUT2D eigenvalue weighted by atomic mass is 35.5. The number of nitrogens with one attached hydrogen (secondary N) is 1. The second-order valence-corrected chi connectivity index (χ2v) is 4.74. The largest absolute Gasteiger partial charge is 0.497 e. The molecule has 2 aromatic rings. The Morgan fingerprint density at radius 3 is 2.15 bits per heavy atom. The summed E-state index contributed by atoms with van der Waals surface area (Å²) in [5.41, 5.74) is 4.70. The number of ether oxygens (including phenoxy) is 2. The minimum atomic E-state index is -0.197. The van der Waals surface area contributed by atoms with Gasteiger partial charge in [0.05, 0.1) is 20.3 Å². The van der Waals surface area contributed by atoms with Crippen molar-refractivity contribution in [1.82, 2.24) is 5.43 Å². The zero-order chi connectivity index (χ0) is 14.5. The quantitative estimate of drug-likeness (QED) is 0.657. The summed E-state index contributed by atoms with van der Waals surface area (Å²) in [5.74, 6) is 7.11. The highest BCUT2D eigenvalue weighted by Crippen LogP contribution is 2.30. The molecule has 0 radical (unpaired) electrons. The monoisotopic (exact) mass is 292 g/mol. The number of methoxy groups -OCH3 is 2. The van der Waals surface area contributed by atoms with E-state index < -0.39 is 0 Å². The van der Waals surface area contributed by atoms with Crippen molar-refractivity contribution in [2.24, 2.45) is 5.84 Å². The van der Waals surface area contributed by atoms with Crippen molar-refractivity contribution in [2.45, 2.75) is 6.04 Å². The van der Waals surface area contributed by atoms with Crippen molar-refractivity contribution in [3.05, 3.63) is 58.6 Å². The van der Waals surface area contributed by atoms with Crippen LogP contribution < -0.4 is 20.7 Å². The van der Waals surface area contributed by atoms with E-state index >= 15 is 0 Å². The molecule has 106 valence electrons. The number of halogens is 1. The summed E-state index contributed by atoms with van der Waals surface area (Å²) in [6.45, 7) is 0. The van der Waals surface area contributed by atoms with E-state index in [1.807, 2.05) is 42.5 Å². The van der Waals surface area contributed by atoms with E-state index in [4.69, 9.17) is 26.9 Å². The third-order valence-corrected chi connectivity index (χ3v) is 3.29. The first-order valence-corrected chi connectivity index (χ1v) is 6.50. The maximum absolute atomic E-state index is 6.03. The van der Waals surface area contributed by atoms with Crippen LogP contribution >= 0.6 is 11.6 Å². The van der Waals surface area contributed by atoms with Gasteiger partial charge in [0.25, 0.3) is 0 Å². The summed E-state index contributed by atoms with van der Waals surface area (Å²) in [4.78, 5) is 0. The van der Waals surface area contributed by atoms with Crippen LogP contribution in [0.15, 0.2) is 42.5 Å². The number of hydrogen-bond acceptors (Lipinski definition) is 4. The molecular formula is C15H17ClN2O2. The van der Waals surface area contributed by atoms with E-state index in [2.05, 4.69) is 5.43 Å². The summed E-state index contributed by atoms with van der Waals surface area (Å²) in [6, 6.07) is 13.0. The Kier molecular flexibility index (Phi) is 4.84. The van der Waals surface area contributed by atoms with Gasteiger partial charge in [0.1, 0.15) is 11.5 Å². The summed E-state index contributed by atoms with van der Waals surface area (Å²) >= 11 is 6.03. The molecule has 0 aromatic heterocycles. The maximum atomic E-state index is 6.03. The highest BCUT2D eigenvalue weighted by Gasteiger charge is 2.15. The van der Waals surface area contributed by atoms with Crippen LogP contribution in [0, 0.1) is 0 Å². The molecule has 0 saturated carbocycles. The molecule has 0 aliphatic carbocycles. The lowest BCUT2D eigenvalue weighted by Gasteiger charge is -2.19. The fourth-order valence-corrected chi connectivity index (χ4v) is 2.27. The lowest BCUT2D eigenvalue weighted by molar-refractivity contribution is 0.392. The van der Waals surface area contributed by atoms with Gasteiger partial charge in [-0.25, -0.2) is 5.43 Å². The SMILES string of the molecule is COc1cc(OC)cc(C(NN)c2cccc(Cl)c2)c1. The molecular weight excluding hydrogens is 276 g/mol. The Hall–Kier alpha value is -1.75. The van der Waals surface area contributed by atoms with Gasteiger partial charge in [-0.1, -0.05) is 23.7 Å². The molecule has 1 unspecified atom stereocenters. The van der Waals surface area contributed by atoms with E-state index in [0.29, 0.717) is 16.5 Å². The second-order valence-electron chi connectivity index (χ2n) is 4.30. The maximum Gasteiger partial charge on any atom is 0.122 e. The topological polar surface area (TPSA) is 56.5 Å². The molecule has 2 aromatic carbocycles. The molecule has 0 heterocycles. The van der Waals surface area contributed by atoms with E-state index in [1.54, 1.807) is 14.2 Å². The van der Waals surface area contributed by atoms with Gasteiger partial charge in [-0.3, -0.25) is 5.84 Å². The number of benzene rings is 2. The molecule has 0 aliphatic heterocycles. The predicted molar refractivity (Wildman–Crippen MR) is 80.2 cm³/mol. The average Bonchev–Trinajstić information content (AvgIpc) is 2.47. The molecule has 1 atom stereocenters. The van der Waals surface area contributed by atoms with Crippen molar-refractivity contribution < 1.29 is 9.47 Å². The van der Waals surface area contributed by atoms with Crippen LogP contribution in [-0.2, 0) is 0 Å². The smallest absolute Gasteiger partial charge is 0.122 e.